The van der Waals surface area contributed by atoms with Crippen molar-refractivity contribution in [3.05, 3.63) is 29.3 Å². The first-order valence-electron chi connectivity index (χ1n) is 5.10. The van der Waals surface area contributed by atoms with E-state index in [4.69, 9.17) is 0 Å². The maximum Gasteiger partial charge on any atom is 0.178 e. The van der Waals surface area contributed by atoms with Gasteiger partial charge < -0.3 is 5.11 Å². The van der Waals surface area contributed by atoms with Gasteiger partial charge in [-0.3, -0.25) is 0 Å². The molecule has 1 aliphatic heterocycles. The molecule has 0 unspecified atom stereocenters. The predicted octanol–water partition coefficient (Wildman–Crippen LogP) is 0.998. The molecule has 0 radical (unpaired) electrons. The van der Waals surface area contributed by atoms with E-state index in [1.807, 2.05) is 6.07 Å². The van der Waals surface area contributed by atoms with Crippen LogP contribution in [0.5, 0.6) is 0 Å². The fraction of sp³-hybridized carbons (Fsp3) is 0.455. The van der Waals surface area contributed by atoms with E-state index in [1.54, 1.807) is 12.1 Å². The van der Waals surface area contributed by atoms with Crippen LogP contribution in [0.4, 0.5) is 0 Å². The molecule has 1 aromatic carbocycles. The zero-order chi connectivity index (χ0) is 10.7. The first kappa shape index (κ1) is 9.36. The van der Waals surface area contributed by atoms with Crippen molar-refractivity contribution in [1.82, 2.24) is 0 Å². The normalized spacial score (nSPS) is 24.9. The molecule has 15 heavy (non-hydrogen) atoms. The number of hydrogen-bond acceptors (Lipinski definition) is 3. The Bertz CT molecular complexity index is 527. The molecule has 1 aromatic rings. The first-order valence-corrected chi connectivity index (χ1v) is 6.75. The molecular weight excluding hydrogens is 212 g/mol. The topological polar surface area (TPSA) is 54.4 Å². The van der Waals surface area contributed by atoms with Gasteiger partial charge in [-0.25, -0.2) is 8.42 Å². The minimum Gasteiger partial charge on any atom is -0.385 e. The molecule has 0 spiro atoms. The molecular formula is C11H12O3S. The van der Waals surface area contributed by atoms with Crippen LogP contribution in [0.15, 0.2) is 23.1 Å². The molecule has 0 aromatic heterocycles. The number of aryl methyl sites for hydroxylation is 1. The van der Waals surface area contributed by atoms with Crippen molar-refractivity contribution in [2.75, 3.05) is 5.75 Å². The highest BCUT2D eigenvalue weighted by molar-refractivity contribution is 7.91. The SMILES string of the molecule is O=S1(=O)CCc2cc(C3(O)CC3)ccc21. The minimum atomic E-state index is -3.03. The highest BCUT2D eigenvalue weighted by Gasteiger charge is 2.42. The van der Waals surface area contributed by atoms with Gasteiger partial charge in [0.25, 0.3) is 0 Å². The molecule has 1 saturated carbocycles. The highest BCUT2D eigenvalue weighted by atomic mass is 32.2. The smallest absolute Gasteiger partial charge is 0.178 e. The van der Waals surface area contributed by atoms with Gasteiger partial charge in [0.1, 0.15) is 0 Å². The number of aliphatic hydroxyl groups is 1. The summed E-state index contributed by atoms with van der Waals surface area (Å²) in [5.74, 6) is 0.213. The van der Waals surface area contributed by atoms with Gasteiger partial charge in [-0.05, 0) is 36.5 Å². The monoisotopic (exact) mass is 224 g/mol. The van der Waals surface area contributed by atoms with Crippen molar-refractivity contribution in [1.29, 1.82) is 0 Å². The summed E-state index contributed by atoms with van der Waals surface area (Å²) in [6.07, 6.45) is 2.17. The van der Waals surface area contributed by atoms with E-state index in [0.717, 1.165) is 24.0 Å². The first-order chi connectivity index (χ1) is 7.01. The summed E-state index contributed by atoms with van der Waals surface area (Å²) in [6.45, 7) is 0. The zero-order valence-electron chi connectivity index (χ0n) is 8.23. The van der Waals surface area contributed by atoms with Crippen LogP contribution in [-0.4, -0.2) is 19.3 Å². The van der Waals surface area contributed by atoms with Gasteiger partial charge in [0.2, 0.25) is 0 Å². The second kappa shape index (κ2) is 2.62. The van der Waals surface area contributed by atoms with E-state index >= 15 is 0 Å². The Morgan fingerprint density at radius 3 is 2.67 bits per heavy atom. The lowest BCUT2D eigenvalue weighted by molar-refractivity contribution is 0.151. The standard InChI is InChI=1S/C11H12O3S/c12-11(4-5-11)9-1-2-10-8(7-9)3-6-15(10,13)14/h1-2,7,12H,3-6H2. The van der Waals surface area contributed by atoms with E-state index in [9.17, 15) is 13.5 Å². The average molecular weight is 224 g/mol. The van der Waals surface area contributed by atoms with E-state index in [-0.39, 0.29) is 5.75 Å². The Labute approximate surface area is 88.7 Å². The summed E-state index contributed by atoms with van der Waals surface area (Å²) in [5.41, 5.74) is 1.08. The second-order valence-electron chi connectivity index (χ2n) is 4.42. The van der Waals surface area contributed by atoms with Crippen LogP contribution in [0.3, 0.4) is 0 Å². The van der Waals surface area contributed by atoms with Crippen LogP contribution < -0.4 is 0 Å². The number of benzene rings is 1. The molecule has 1 N–H and O–H groups in total. The molecule has 2 aliphatic rings. The summed E-state index contributed by atoms with van der Waals surface area (Å²) in [6, 6.07) is 5.24. The molecule has 0 atom stereocenters. The highest BCUT2D eigenvalue weighted by Crippen LogP contribution is 2.46. The van der Waals surface area contributed by atoms with Crippen LogP contribution in [0.25, 0.3) is 0 Å². The Morgan fingerprint density at radius 1 is 1.27 bits per heavy atom. The fourth-order valence-corrected chi connectivity index (χ4v) is 3.67. The molecule has 4 heteroatoms. The lowest BCUT2D eigenvalue weighted by atomic mass is 10.0. The third-order valence-corrected chi connectivity index (χ3v) is 5.11. The molecule has 1 fully saturated rings. The van der Waals surface area contributed by atoms with Gasteiger partial charge in [0, 0.05) is 0 Å². The molecule has 1 heterocycles. The van der Waals surface area contributed by atoms with Gasteiger partial charge in [-0.15, -0.1) is 0 Å². The molecule has 80 valence electrons. The van der Waals surface area contributed by atoms with E-state index in [1.165, 1.54) is 0 Å². The molecule has 0 saturated heterocycles. The van der Waals surface area contributed by atoms with Gasteiger partial charge in [-0.1, -0.05) is 12.1 Å². The number of rotatable bonds is 1. The third kappa shape index (κ3) is 1.32. The molecule has 0 amide bonds. The molecule has 3 rings (SSSR count). The van der Waals surface area contributed by atoms with E-state index in [2.05, 4.69) is 0 Å². The fourth-order valence-electron chi connectivity index (χ4n) is 2.13. The predicted molar refractivity (Wildman–Crippen MR) is 55.3 cm³/mol. The summed E-state index contributed by atoms with van der Waals surface area (Å²) in [4.78, 5) is 0.454. The van der Waals surface area contributed by atoms with Crippen LogP contribution in [-0.2, 0) is 21.9 Å². The average Bonchev–Trinajstić information content (AvgIpc) is 2.87. The second-order valence-corrected chi connectivity index (χ2v) is 6.50. The van der Waals surface area contributed by atoms with Crippen molar-refractivity contribution >= 4 is 9.84 Å². The third-order valence-electron chi connectivity index (χ3n) is 3.30. The van der Waals surface area contributed by atoms with Crippen molar-refractivity contribution in [2.45, 2.75) is 29.8 Å². The maximum atomic E-state index is 11.6. The summed E-state index contributed by atoms with van der Waals surface area (Å²) >= 11 is 0. The van der Waals surface area contributed by atoms with Crippen molar-refractivity contribution in [2.24, 2.45) is 0 Å². The van der Waals surface area contributed by atoms with Crippen LogP contribution in [0.1, 0.15) is 24.0 Å². The summed E-state index contributed by atoms with van der Waals surface area (Å²) < 4.78 is 23.1. The van der Waals surface area contributed by atoms with Gasteiger partial charge in [-0.2, -0.15) is 0 Å². The van der Waals surface area contributed by atoms with Gasteiger partial charge >= 0.3 is 0 Å². The van der Waals surface area contributed by atoms with Crippen LogP contribution in [0, 0.1) is 0 Å². The lowest BCUT2D eigenvalue weighted by Gasteiger charge is -2.09. The van der Waals surface area contributed by atoms with E-state index in [0.29, 0.717) is 11.3 Å². The summed E-state index contributed by atoms with van der Waals surface area (Å²) in [5, 5.41) is 9.91. The Balaban J connectivity index is 2.13. The number of hydrogen-bond donors (Lipinski definition) is 1. The van der Waals surface area contributed by atoms with Gasteiger partial charge in [0.05, 0.1) is 16.2 Å². The number of fused-ring (bicyclic) bond motifs is 1. The molecule has 1 aliphatic carbocycles. The van der Waals surface area contributed by atoms with E-state index < -0.39 is 15.4 Å². The largest absolute Gasteiger partial charge is 0.385 e. The minimum absolute atomic E-state index is 0.213. The molecule has 3 nitrogen and oxygen atoms in total. The maximum absolute atomic E-state index is 11.6. The van der Waals surface area contributed by atoms with Crippen molar-refractivity contribution in [3.63, 3.8) is 0 Å². The quantitative estimate of drug-likeness (QED) is 0.774. The van der Waals surface area contributed by atoms with Crippen LogP contribution >= 0.6 is 0 Å². The number of sulfone groups is 1. The van der Waals surface area contributed by atoms with Gasteiger partial charge in [0.15, 0.2) is 9.84 Å². The Morgan fingerprint density at radius 2 is 2.00 bits per heavy atom. The lowest BCUT2D eigenvalue weighted by Crippen LogP contribution is -2.05. The zero-order valence-corrected chi connectivity index (χ0v) is 9.05. The Hall–Kier alpha value is -0.870. The van der Waals surface area contributed by atoms with Crippen molar-refractivity contribution < 1.29 is 13.5 Å². The summed E-state index contributed by atoms with van der Waals surface area (Å²) in [7, 11) is -3.03. The van der Waals surface area contributed by atoms with Crippen molar-refractivity contribution in [3.8, 4) is 0 Å². The molecule has 0 bridgehead atoms. The van der Waals surface area contributed by atoms with Crippen LogP contribution in [0.2, 0.25) is 0 Å². The Kier molecular flexibility index (Phi) is 1.64.